The monoisotopic (exact) mass is 278 g/mol. The number of hydrogen-bond acceptors (Lipinski definition) is 2. The van der Waals surface area contributed by atoms with Crippen LogP contribution >= 0.6 is 0 Å². The third kappa shape index (κ3) is 4.44. The van der Waals surface area contributed by atoms with Crippen LogP contribution in [0.5, 0.6) is 0 Å². The highest BCUT2D eigenvalue weighted by atomic mass is 14.9. The fourth-order valence-corrected chi connectivity index (χ4v) is 2.47. The summed E-state index contributed by atoms with van der Waals surface area (Å²) in [5, 5.41) is 12.9. The average molecular weight is 278 g/mol. The molecule has 0 saturated carbocycles. The van der Waals surface area contributed by atoms with Crippen LogP contribution in [-0.2, 0) is 0 Å². The van der Waals surface area contributed by atoms with E-state index < -0.39 is 0 Å². The van der Waals surface area contributed by atoms with Gasteiger partial charge in [0.2, 0.25) is 0 Å². The minimum Gasteiger partial charge on any atom is -0.291 e. The van der Waals surface area contributed by atoms with Crippen LogP contribution < -0.4 is 5.32 Å². The predicted molar refractivity (Wildman–Crippen MR) is 86.8 cm³/mol. The summed E-state index contributed by atoms with van der Waals surface area (Å²) >= 11 is 0. The van der Waals surface area contributed by atoms with E-state index in [1.807, 2.05) is 36.4 Å². The maximum absolute atomic E-state index is 9.38. The molecule has 0 heterocycles. The van der Waals surface area contributed by atoms with Gasteiger partial charge in [-0.25, -0.2) is 0 Å². The molecule has 0 amide bonds. The van der Waals surface area contributed by atoms with Gasteiger partial charge in [0.15, 0.2) is 0 Å². The topological polar surface area (TPSA) is 35.8 Å². The molecular formula is C19H22N2. The Hall–Kier alpha value is -2.11. The van der Waals surface area contributed by atoms with Crippen molar-refractivity contribution in [2.75, 3.05) is 0 Å². The molecule has 0 fully saturated rings. The lowest BCUT2D eigenvalue weighted by molar-refractivity contribution is 0.499. The summed E-state index contributed by atoms with van der Waals surface area (Å²) in [6.07, 6.45) is 3.08. The zero-order valence-corrected chi connectivity index (χ0v) is 12.5. The Kier molecular flexibility index (Phi) is 5.99. The molecule has 0 aromatic heterocycles. The van der Waals surface area contributed by atoms with Crippen LogP contribution in [0.4, 0.5) is 0 Å². The molecule has 0 saturated heterocycles. The fraction of sp³-hybridized carbons (Fsp3) is 0.316. The van der Waals surface area contributed by atoms with Crippen molar-refractivity contribution in [3.8, 4) is 6.07 Å². The summed E-state index contributed by atoms with van der Waals surface area (Å²) in [7, 11) is 0. The van der Waals surface area contributed by atoms with Gasteiger partial charge in [-0.15, -0.1) is 0 Å². The van der Waals surface area contributed by atoms with Crippen molar-refractivity contribution in [1.29, 1.82) is 5.26 Å². The lowest BCUT2D eigenvalue weighted by atomic mass is 9.97. The van der Waals surface area contributed by atoms with Crippen molar-refractivity contribution in [3.63, 3.8) is 0 Å². The van der Waals surface area contributed by atoms with Crippen LogP contribution in [0.15, 0.2) is 60.7 Å². The largest absolute Gasteiger partial charge is 0.291 e. The van der Waals surface area contributed by atoms with E-state index >= 15 is 0 Å². The SMILES string of the molecule is CCCC[C@@H](C#N)NC(c1ccccc1)c1ccccc1. The van der Waals surface area contributed by atoms with Crippen LogP contribution in [0.2, 0.25) is 0 Å². The van der Waals surface area contributed by atoms with Crippen LogP contribution in [0, 0.1) is 11.3 Å². The summed E-state index contributed by atoms with van der Waals surface area (Å²) in [5.74, 6) is 0. The Morgan fingerprint density at radius 1 is 0.952 bits per heavy atom. The van der Waals surface area contributed by atoms with E-state index in [0.717, 1.165) is 19.3 Å². The van der Waals surface area contributed by atoms with E-state index in [9.17, 15) is 5.26 Å². The molecule has 0 aliphatic carbocycles. The highest BCUT2D eigenvalue weighted by Crippen LogP contribution is 2.23. The molecule has 0 bridgehead atoms. The highest BCUT2D eigenvalue weighted by molar-refractivity contribution is 5.32. The van der Waals surface area contributed by atoms with E-state index in [4.69, 9.17) is 0 Å². The third-order valence-corrected chi connectivity index (χ3v) is 3.64. The van der Waals surface area contributed by atoms with Crippen molar-refractivity contribution in [2.45, 2.75) is 38.3 Å². The molecular weight excluding hydrogens is 256 g/mol. The Morgan fingerprint density at radius 3 is 1.90 bits per heavy atom. The van der Waals surface area contributed by atoms with Crippen molar-refractivity contribution in [3.05, 3.63) is 71.8 Å². The van der Waals surface area contributed by atoms with Crippen molar-refractivity contribution in [2.24, 2.45) is 0 Å². The van der Waals surface area contributed by atoms with Crippen LogP contribution in [0.25, 0.3) is 0 Å². The molecule has 1 N–H and O–H groups in total. The fourth-order valence-electron chi connectivity index (χ4n) is 2.47. The van der Waals surface area contributed by atoms with Crippen LogP contribution in [0.1, 0.15) is 43.4 Å². The molecule has 2 aromatic rings. The van der Waals surface area contributed by atoms with Crippen LogP contribution in [0.3, 0.4) is 0 Å². The van der Waals surface area contributed by atoms with Crippen molar-refractivity contribution < 1.29 is 0 Å². The molecule has 0 radical (unpaired) electrons. The van der Waals surface area contributed by atoms with Gasteiger partial charge >= 0.3 is 0 Å². The smallest absolute Gasteiger partial charge is 0.0960 e. The second kappa shape index (κ2) is 8.24. The molecule has 2 aromatic carbocycles. The van der Waals surface area contributed by atoms with E-state index in [0.29, 0.717) is 0 Å². The number of unbranched alkanes of at least 4 members (excludes halogenated alkanes) is 1. The number of benzene rings is 2. The number of nitrogens with zero attached hydrogens (tertiary/aromatic N) is 1. The first-order valence-electron chi connectivity index (χ1n) is 7.60. The number of hydrogen-bond donors (Lipinski definition) is 1. The lowest BCUT2D eigenvalue weighted by Crippen LogP contribution is -2.32. The van der Waals surface area contributed by atoms with Gasteiger partial charge in [-0.05, 0) is 17.5 Å². The summed E-state index contributed by atoms with van der Waals surface area (Å²) in [4.78, 5) is 0. The predicted octanol–water partition coefficient (Wildman–Crippen LogP) is 4.45. The van der Waals surface area contributed by atoms with E-state index in [1.165, 1.54) is 11.1 Å². The van der Waals surface area contributed by atoms with Gasteiger partial charge in [0.05, 0.1) is 18.2 Å². The summed E-state index contributed by atoms with van der Waals surface area (Å²) in [5.41, 5.74) is 2.39. The van der Waals surface area contributed by atoms with Gasteiger partial charge in [-0.3, -0.25) is 5.32 Å². The third-order valence-electron chi connectivity index (χ3n) is 3.64. The van der Waals surface area contributed by atoms with Gasteiger partial charge in [-0.1, -0.05) is 80.4 Å². The Morgan fingerprint density at radius 2 is 1.48 bits per heavy atom. The summed E-state index contributed by atoms with van der Waals surface area (Å²) in [6, 6.07) is 23.0. The normalized spacial score (nSPS) is 12.0. The van der Waals surface area contributed by atoms with Gasteiger partial charge in [-0.2, -0.15) is 5.26 Å². The molecule has 108 valence electrons. The Balaban J connectivity index is 2.23. The summed E-state index contributed by atoms with van der Waals surface area (Å²) < 4.78 is 0. The Labute approximate surface area is 127 Å². The lowest BCUT2D eigenvalue weighted by Gasteiger charge is -2.23. The molecule has 2 heteroatoms. The first-order chi connectivity index (χ1) is 10.3. The quantitative estimate of drug-likeness (QED) is 0.812. The molecule has 1 atom stereocenters. The van der Waals surface area contributed by atoms with Crippen molar-refractivity contribution in [1.82, 2.24) is 5.32 Å². The van der Waals surface area contributed by atoms with E-state index in [2.05, 4.69) is 42.6 Å². The minimum absolute atomic E-state index is 0.0638. The minimum atomic E-state index is -0.115. The number of nitriles is 1. The zero-order valence-electron chi connectivity index (χ0n) is 12.5. The molecule has 0 aliphatic heterocycles. The zero-order chi connectivity index (χ0) is 14.9. The summed E-state index contributed by atoms with van der Waals surface area (Å²) in [6.45, 7) is 2.15. The first kappa shape index (κ1) is 15.3. The van der Waals surface area contributed by atoms with Crippen LogP contribution in [-0.4, -0.2) is 6.04 Å². The first-order valence-corrected chi connectivity index (χ1v) is 7.60. The van der Waals surface area contributed by atoms with Gasteiger partial charge in [0.1, 0.15) is 0 Å². The molecule has 0 aliphatic rings. The number of nitrogens with one attached hydrogen (secondary N) is 1. The second-order valence-electron chi connectivity index (χ2n) is 5.24. The van der Waals surface area contributed by atoms with Gasteiger partial charge < -0.3 is 0 Å². The molecule has 21 heavy (non-hydrogen) atoms. The maximum Gasteiger partial charge on any atom is 0.0960 e. The second-order valence-corrected chi connectivity index (χ2v) is 5.24. The highest BCUT2D eigenvalue weighted by Gasteiger charge is 2.17. The van der Waals surface area contributed by atoms with Gasteiger partial charge in [0, 0.05) is 0 Å². The number of rotatable bonds is 7. The van der Waals surface area contributed by atoms with Gasteiger partial charge in [0.25, 0.3) is 0 Å². The standard InChI is InChI=1S/C19H22N2/c1-2-3-14-18(15-20)21-19(16-10-6-4-7-11-16)17-12-8-5-9-13-17/h4-13,18-19,21H,2-3,14H2,1H3/t18-/m0/s1. The molecule has 0 unspecified atom stereocenters. The molecule has 2 nitrogen and oxygen atoms in total. The van der Waals surface area contributed by atoms with E-state index in [1.54, 1.807) is 0 Å². The maximum atomic E-state index is 9.38. The average Bonchev–Trinajstić information content (AvgIpc) is 2.57. The molecule has 2 rings (SSSR count). The molecule has 0 spiro atoms. The van der Waals surface area contributed by atoms with Crippen molar-refractivity contribution >= 4 is 0 Å². The Bertz CT molecular complexity index is 518. The van der Waals surface area contributed by atoms with E-state index in [-0.39, 0.29) is 12.1 Å².